The number of aromatic amines is 1. The maximum absolute atomic E-state index is 12.9. The summed E-state index contributed by atoms with van der Waals surface area (Å²) in [6.45, 7) is 2.23. The summed E-state index contributed by atoms with van der Waals surface area (Å²) in [7, 11) is 0. The van der Waals surface area contributed by atoms with Crippen molar-refractivity contribution in [3.63, 3.8) is 0 Å². The fourth-order valence-corrected chi connectivity index (χ4v) is 4.08. The summed E-state index contributed by atoms with van der Waals surface area (Å²) in [6.07, 6.45) is 2.91. The Balaban J connectivity index is 1.36. The van der Waals surface area contributed by atoms with Crippen LogP contribution in [0.2, 0.25) is 10.0 Å². The molecule has 0 atom stereocenters. The van der Waals surface area contributed by atoms with E-state index in [-0.39, 0.29) is 11.9 Å². The highest BCUT2D eigenvalue weighted by Gasteiger charge is 2.23. The molecule has 1 aliphatic rings. The van der Waals surface area contributed by atoms with E-state index in [1.807, 2.05) is 29.3 Å². The topological polar surface area (TPSA) is 68.4 Å². The molecular formula is C22H22Cl2N4O2. The smallest absolute Gasteiger partial charge is 0.321 e. The van der Waals surface area contributed by atoms with Gasteiger partial charge >= 0.3 is 6.03 Å². The van der Waals surface area contributed by atoms with E-state index < -0.39 is 0 Å². The number of hydrogen-bond acceptors (Lipinski definition) is 2. The number of nitrogens with zero attached hydrogens (tertiary/aromatic N) is 2. The summed E-state index contributed by atoms with van der Waals surface area (Å²) < 4.78 is 0. The second-order valence-corrected chi connectivity index (χ2v) is 8.22. The first-order valence-corrected chi connectivity index (χ1v) is 10.6. The number of rotatable bonds is 3. The number of fused-ring (bicyclic) bond motifs is 1. The summed E-state index contributed by atoms with van der Waals surface area (Å²) >= 11 is 12.0. The Hall–Kier alpha value is -2.70. The number of amides is 3. The van der Waals surface area contributed by atoms with Crippen molar-refractivity contribution in [3.8, 4) is 0 Å². The van der Waals surface area contributed by atoms with E-state index in [9.17, 15) is 9.59 Å². The Labute approximate surface area is 184 Å². The first-order chi connectivity index (χ1) is 14.5. The fraction of sp³-hybridized carbons (Fsp3) is 0.273. The average Bonchev–Trinajstić information content (AvgIpc) is 2.94. The van der Waals surface area contributed by atoms with Crippen LogP contribution in [-0.2, 0) is 11.2 Å². The van der Waals surface area contributed by atoms with Gasteiger partial charge in [0.15, 0.2) is 0 Å². The zero-order chi connectivity index (χ0) is 21.1. The molecule has 1 fully saturated rings. The molecule has 6 nitrogen and oxygen atoms in total. The summed E-state index contributed by atoms with van der Waals surface area (Å²) in [5.74, 6) is 0.0583. The minimum atomic E-state index is -0.180. The van der Waals surface area contributed by atoms with Crippen molar-refractivity contribution in [1.82, 2.24) is 14.8 Å². The van der Waals surface area contributed by atoms with Crippen LogP contribution in [0.25, 0.3) is 10.9 Å². The molecule has 8 heteroatoms. The minimum absolute atomic E-state index is 0.0583. The van der Waals surface area contributed by atoms with Gasteiger partial charge in [-0.2, -0.15) is 0 Å². The highest BCUT2D eigenvalue weighted by molar-refractivity contribution is 6.31. The predicted molar refractivity (Wildman–Crippen MR) is 120 cm³/mol. The van der Waals surface area contributed by atoms with Crippen LogP contribution in [0.5, 0.6) is 0 Å². The third-order valence-corrected chi connectivity index (χ3v) is 5.75. The molecule has 0 bridgehead atoms. The number of aromatic nitrogens is 1. The zero-order valence-corrected chi connectivity index (χ0v) is 17.8. The number of nitrogens with one attached hydrogen (secondary N) is 2. The van der Waals surface area contributed by atoms with Gasteiger partial charge in [-0.15, -0.1) is 0 Å². The summed E-state index contributed by atoms with van der Waals surface area (Å²) in [6, 6.07) is 12.5. The van der Waals surface area contributed by atoms with Crippen LogP contribution in [0, 0.1) is 0 Å². The van der Waals surface area contributed by atoms with Crippen LogP contribution in [-0.4, -0.2) is 52.9 Å². The Morgan fingerprint density at radius 2 is 1.73 bits per heavy atom. The Kier molecular flexibility index (Phi) is 6.16. The lowest BCUT2D eigenvalue weighted by Gasteiger charge is -2.22. The van der Waals surface area contributed by atoms with Crippen molar-refractivity contribution in [2.45, 2.75) is 12.8 Å². The minimum Gasteiger partial charge on any atom is -0.361 e. The van der Waals surface area contributed by atoms with Crippen LogP contribution in [0.3, 0.4) is 0 Å². The van der Waals surface area contributed by atoms with E-state index >= 15 is 0 Å². The Morgan fingerprint density at radius 1 is 0.967 bits per heavy atom. The maximum atomic E-state index is 12.9. The van der Waals surface area contributed by atoms with E-state index in [2.05, 4.69) is 10.3 Å². The third-order valence-electron chi connectivity index (χ3n) is 5.28. The van der Waals surface area contributed by atoms with Gasteiger partial charge in [0.2, 0.25) is 5.91 Å². The van der Waals surface area contributed by atoms with Crippen LogP contribution in [0.1, 0.15) is 12.0 Å². The predicted octanol–water partition coefficient (Wildman–Crippen LogP) is 4.78. The van der Waals surface area contributed by atoms with Gasteiger partial charge in [-0.05, 0) is 42.3 Å². The molecule has 2 aromatic carbocycles. The molecule has 0 spiro atoms. The number of benzene rings is 2. The quantitative estimate of drug-likeness (QED) is 0.609. The molecule has 30 heavy (non-hydrogen) atoms. The SMILES string of the molecule is O=C(Cc1c[nH]c2cc(Cl)ccc12)N1CCCN(C(=O)Nc2cccc(Cl)c2)CC1. The molecule has 2 heterocycles. The Morgan fingerprint density at radius 3 is 2.57 bits per heavy atom. The molecule has 156 valence electrons. The number of carbonyl (C=O) groups is 2. The monoisotopic (exact) mass is 444 g/mol. The standard InChI is InChI=1S/C22H22Cl2N4O2/c23-16-3-1-4-18(12-16)26-22(30)28-8-2-7-27(9-10-28)21(29)11-15-14-25-20-13-17(24)5-6-19(15)20/h1,3-6,12-14,25H,2,7-11H2,(H,26,30). The molecular weight excluding hydrogens is 423 g/mol. The van der Waals surface area contributed by atoms with Crippen molar-refractivity contribution >= 4 is 51.7 Å². The second kappa shape index (κ2) is 8.98. The van der Waals surface area contributed by atoms with Gasteiger partial charge in [-0.3, -0.25) is 4.79 Å². The van der Waals surface area contributed by atoms with Gasteiger partial charge < -0.3 is 20.1 Å². The molecule has 1 aliphatic heterocycles. The van der Waals surface area contributed by atoms with Crippen molar-refractivity contribution in [2.24, 2.45) is 0 Å². The van der Waals surface area contributed by atoms with Crippen LogP contribution in [0.4, 0.5) is 10.5 Å². The maximum Gasteiger partial charge on any atom is 0.321 e. The van der Waals surface area contributed by atoms with Gasteiger partial charge in [-0.25, -0.2) is 4.79 Å². The third kappa shape index (κ3) is 4.71. The molecule has 0 saturated carbocycles. The highest BCUT2D eigenvalue weighted by atomic mass is 35.5. The summed E-state index contributed by atoms with van der Waals surface area (Å²) in [5.41, 5.74) is 2.53. The normalized spacial score (nSPS) is 14.6. The number of H-pyrrole nitrogens is 1. The van der Waals surface area contributed by atoms with Crippen molar-refractivity contribution in [2.75, 3.05) is 31.5 Å². The number of hydrogen-bond donors (Lipinski definition) is 2. The molecule has 3 amide bonds. The largest absolute Gasteiger partial charge is 0.361 e. The van der Waals surface area contributed by atoms with Gasteiger partial charge in [0.25, 0.3) is 0 Å². The first kappa shape index (κ1) is 20.6. The van der Waals surface area contributed by atoms with Crippen LogP contribution >= 0.6 is 23.2 Å². The molecule has 1 aromatic heterocycles. The first-order valence-electron chi connectivity index (χ1n) is 9.84. The fourth-order valence-electron chi connectivity index (χ4n) is 3.72. The van der Waals surface area contributed by atoms with Crippen molar-refractivity contribution in [3.05, 3.63) is 64.3 Å². The van der Waals surface area contributed by atoms with E-state index in [4.69, 9.17) is 23.2 Å². The van der Waals surface area contributed by atoms with Gasteiger partial charge in [-0.1, -0.05) is 35.3 Å². The zero-order valence-electron chi connectivity index (χ0n) is 16.3. The molecule has 0 unspecified atom stereocenters. The molecule has 4 rings (SSSR count). The number of halogens is 2. The van der Waals surface area contributed by atoms with E-state index in [1.165, 1.54) is 0 Å². The molecule has 0 radical (unpaired) electrons. The second-order valence-electron chi connectivity index (χ2n) is 7.34. The Bertz CT molecular complexity index is 1080. The van der Waals surface area contributed by atoms with E-state index in [0.717, 1.165) is 22.9 Å². The summed E-state index contributed by atoms with van der Waals surface area (Å²) in [5, 5.41) is 5.10. The summed E-state index contributed by atoms with van der Waals surface area (Å²) in [4.78, 5) is 32.2. The lowest BCUT2D eigenvalue weighted by Crippen LogP contribution is -2.39. The molecule has 1 saturated heterocycles. The number of urea groups is 1. The van der Waals surface area contributed by atoms with Crippen molar-refractivity contribution in [1.29, 1.82) is 0 Å². The number of anilines is 1. The van der Waals surface area contributed by atoms with Gasteiger partial charge in [0.05, 0.1) is 6.42 Å². The molecule has 0 aliphatic carbocycles. The van der Waals surface area contributed by atoms with Gasteiger partial charge in [0, 0.05) is 59.0 Å². The van der Waals surface area contributed by atoms with Crippen LogP contribution in [0.15, 0.2) is 48.7 Å². The van der Waals surface area contributed by atoms with E-state index in [1.54, 1.807) is 29.2 Å². The lowest BCUT2D eigenvalue weighted by atomic mass is 10.1. The average molecular weight is 445 g/mol. The number of carbonyl (C=O) groups excluding carboxylic acids is 2. The van der Waals surface area contributed by atoms with E-state index in [0.29, 0.717) is 48.3 Å². The van der Waals surface area contributed by atoms with Crippen molar-refractivity contribution < 1.29 is 9.59 Å². The van der Waals surface area contributed by atoms with Gasteiger partial charge in [0.1, 0.15) is 0 Å². The highest BCUT2D eigenvalue weighted by Crippen LogP contribution is 2.23. The lowest BCUT2D eigenvalue weighted by molar-refractivity contribution is -0.130. The molecule has 3 aromatic rings. The van der Waals surface area contributed by atoms with Crippen LogP contribution < -0.4 is 5.32 Å². The molecule has 2 N–H and O–H groups in total.